The van der Waals surface area contributed by atoms with Crippen molar-refractivity contribution in [2.75, 3.05) is 39.4 Å². The van der Waals surface area contributed by atoms with E-state index in [2.05, 4.69) is 5.32 Å². The highest BCUT2D eigenvalue weighted by molar-refractivity contribution is 4.46. The highest BCUT2D eigenvalue weighted by Gasteiger charge is 1.86. The highest BCUT2D eigenvalue weighted by Crippen LogP contribution is 1.72. The highest BCUT2D eigenvalue weighted by atomic mass is 16.5. The lowest BCUT2D eigenvalue weighted by atomic mass is 10.4. The van der Waals surface area contributed by atoms with Crippen molar-refractivity contribution >= 4 is 0 Å². The molecule has 0 aromatic carbocycles. The lowest BCUT2D eigenvalue weighted by molar-refractivity contribution is 0.143. The summed E-state index contributed by atoms with van der Waals surface area (Å²) in [7, 11) is 0. The van der Waals surface area contributed by atoms with E-state index < -0.39 is 0 Å². The van der Waals surface area contributed by atoms with Crippen molar-refractivity contribution in [1.82, 2.24) is 5.32 Å². The molecule has 0 spiro atoms. The Kier molecular flexibility index (Phi) is 9.70. The summed E-state index contributed by atoms with van der Waals surface area (Å²) in [5, 5.41) is 3.20. The Morgan fingerprint density at radius 3 is 2.45 bits per heavy atom. The standard InChI is InChI=1S/C7H19N3O/c8-2-1-4-10-5-7-11-6-3-9/h10H,1-9H2. The summed E-state index contributed by atoms with van der Waals surface area (Å²) in [5.41, 5.74) is 10.5. The van der Waals surface area contributed by atoms with E-state index in [0.29, 0.717) is 13.2 Å². The zero-order valence-corrected chi connectivity index (χ0v) is 7.01. The fourth-order valence-electron chi connectivity index (χ4n) is 0.682. The maximum Gasteiger partial charge on any atom is 0.0591 e. The zero-order valence-electron chi connectivity index (χ0n) is 7.01. The van der Waals surface area contributed by atoms with Crippen molar-refractivity contribution < 1.29 is 4.74 Å². The minimum absolute atomic E-state index is 0.600. The van der Waals surface area contributed by atoms with Crippen molar-refractivity contribution in [1.29, 1.82) is 0 Å². The van der Waals surface area contributed by atoms with Gasteiger partial charge in [0.2, 0.25) is 0 Å². The molecule has 4 heteroatoms. The first-order valence-corrected chi connectivity index (χ1v) is 4.10. The van der Waals surface area contributed by atoms with E-state index in [1.807, 2.05) is 0 Å². The number of hydrogen-bond acceptors (Lipinski definition) is 4. The van der Waals surface area contributed by atoms with Gasteiger partial charge >= 0.3 is 0 Å². The quantitative estimate of drug-likeness (QED) is 0.395. The Bertz CT molecular complexity index is 62.7. The fourth-order valence-corrected chi connectivity index (χ4v) is 0.682. The van der Waals surface area contributed by atoms with E-state index in [0.717, 1.165) is 32.7 Å². The monoisotopic (exact) mass is 161 g/mol. The summed E-state index contributed by atoms with van der Waals surface area (Å²) in [4.78, 5) is 0. The average Bonchev–Trinajstić information content (AvgIpc) is 2.03. The van der Waals surface area contributed by atoms with Gasteiger partial charge in [0.1, 0.15) is 0 Å². The summed E-state index contributed by atoms with van der Waals surface area (Å²) in [5.74, 6) is 0. The van der Waals surface area contributed by atoms with Gasteiger partial charge in [-0.05, 0) is 19.5 Å². The van der Waals surface area contributed by atoms with Gasteiger partial charge in [0, 0.05) is 13.1 Å². The van der Waals surface area contributed by atoms with Crippen LogP contribution in [0.3, 0.4) is 0 Å². The van der Waals surface area contributed by atoms with Gasteiger partial charge in [-0.3, -0.25) is 0 Å². The molecule has 68 valence electrons. The molecule has 0 radical (unpaired) electrons. The maximum atomic E-state index is 5.30. The van der Waals surface area contributed by atoms with Crippen LogP contribution >= 0.6 is 0 Å². The van der Waals surface area contributed by atoms with Gasteiger partial charge < -0.3 is 21.5 Å². The predicted octanol–water partition coefficient (Wildman–Crippen LogP) is -1.10. The van der Waals surface area contributed by atoms with Gasteiger partial charge in [-0.15, -0.1) is 0 Å². The molecule has 0 bridgehead atoms. The van der Waals surface area contributed by atoms with E-state index in [1.54, 1.807) is 0 Å². The van der Waals surface area contributed by atoms with E-state index >= 15 is 0 Å². The van der Waals surface area contributed by atoms with Crippen LogP contribution in [0.1, 0.15) is 6.42 Å². The summed E-state index contributed by atoms with van der Waals surface area (Å²) in [6.07, 6.45) is 1.02. The number of nitrogens with two attached hydrogens (primary N) is 2. The normalized spacial score (nSPS) is 10.4. The lowest BCUT2D eigenvalue weighted by Gasteiger charge is -2.03. The molecule has 0 saturated heterocycles. The minimum atomic E-state index is 0.600. The van der Waals surface area contributed by atoms with Gasteiger partial charge in [0.25, 0.3) is 0 Å². The first kappa shape index (κ1) is 10.8. The lowest BCUT2D eigenvalue weighted by Crippen LogP contribution is -2.23. The molecule has 0 rings (SSSR count). The Hall–Kier alpha value is -0.160. The maximum absolute atomic E-state index is 5.30. The third kappa shape index (κ3) is 9.84. The van der Waals surface area contributed by atoms with Crippen LogP contribution in [0, 0.1) is 0 Å². The third-order valence-electron chi connectivity index (χ3n) is 1.24. The van der Waals surface area contributed by atoms with Crippen LogP contribution in [0.2, 0.25) is 0 Å². The third-order valence-corrected chi connectivity index (χ3v) is 1.24. The first-order valence-electron chi connectivity index (χ1n) is 4.10. The predicted molar refractivity (Wildman–Crippen MR) is 46.4 cm³/mol. The average molecular weight is 161 g/mol. The molecule has 0 aliphatic heterocycles. The topological polar surface area (TPSA) is 73.3 Å². The van der Waals surface area contributed by atoms with Crippen LogP contribution in [0.15, 0.2) is 0 Å². The first-order chi connectivity index (χ1) is 5.41. The van der Waals surface area contributed by atoms with Crippen LogP contribution in [0.4, 0.5) is 0 Å². The van der Waals surface area contributed by atoms with Gasteiger partial charge in [-0.1, -0.05) is 0 Å². The molecule has 0 atom stereocenters. The van der Waals surface area contributed by atoms with E-state index in [-0.39, 0.29) is 0 Å². The Morgan fingerprint density at radius 2 is 1.82 bits per heavy atom. The molecule has 0 unspecified atom stereocenters. The molecular weight excluding hydrogens is 142 g/mol. The molecular formula is C7H19N3O. The molecule has 5 N–H and O–H groups in total. The van der Waals surface area contributed by atoms with Gasteiger partial charge in [0.15, 0.2) is 0 Å². The molecule has 0 aromatic heterocycles. The SMILES string of the molecule is NCCCNCCOCCN. The Morgan fingerprint density at radius 1 is 1.00 bits per heavy atom. The summed E-state index contributed by atoms with van der Waals surface area (Å²) < 4.78 is 5.14. The molecule has 0 aliphatic carbocycles. The zero-order chi connectivity index (χ0) is 8.36. The second-order valence-electron chi connectivity index (χ2n) is 2.29. The van der Waals surface area contributed by atoms with Gasteiger partial charge in [-0.25, -0.2) is 0 Å². The number of rotatable bonds is 8. The molecule has 11 heavy (non-hydrogen) atoms. The molecule has 0 saturated carbocycles. The van der Waals surface area contributed by atoms with E-state index in [4.69, 9.17) is 16.2 Å². The summed E-state index contributed by atoms with van der Waals surface area (Å²) >= 11 is 0. The second kappa shape index (κ2) is 9.84. The molecule has 0 aromatic rings. The van der Waals surface area contributed by atoms with E-state index in [1.165, 1.54) is 0 Å². The smallest absolute Gasteiger partial charge is 0.0591 e. The molecule has 0 amide bonds. The fraction of sp³-hybridized carbons (Fsp3) is 1.00. The van der Waals surface area contributed by atoms with Crippen molar-refractivity contribution in [3.8, 4) is 0 Å². The van der Waals surface area contributed by atoms with Crippen molar-refractivity contribution in [3.63, 3.8) is 0 Å². The van der Waals surface area contributed by atoms with Crippen molar-refractivity contribution in [3.05, 3.63) is 0 Å². The molecule has 0 aliphatic rings. The van der Waals surface area contributed by atoms with Crippen molar-refractivity contribution in [2.24, 2.45) is 11.5 Å². The number of hydrogen-bond donors (Lipinski definition) is 3. The largest absolute Gasteiger partial charge is 0.379 e. The van der Waals surface area contributed by atoms with Crippen LogP contribution in [-0.2, 0) is 4.74 Å². The van der Waals surface area contributed by atoms with Crippen LogP contribution in [0.25, 0.3) is 0 Å². The Labute approximate surface area is 68.3 Å². The molecule has 0 heterocycles. The molecule has 0 fully saturated rings. The summed E-state index contributed by atoms with van der Waals surface area (Å²) in [6, 6.07) is 0. The van der Waals surface area contributed by atoms with E-state index in [9.17, 15) is 0 Å². The number of nitrogens with one attached hydrogen (secondary N) is 1. The van der Waals surface area contributed by atoms with Crippen LogP contribution < -0.4 is 16.8 Å². The van der Waals surface area contributed by atoms with Crippen molar-refractivity contribution in [2.45, 2.75) is 6.42 Å². The minimum Gasteiger partial charge on any atom is -0.379 e. The second-order valence-corrected chi connectivity index (χ2v) is 2.29. The number of ether oxygens (including phenoxy) is 1. The Balaban J connectivity index is 2.69. The summed E-state index contributed by atoms with van der Waals surface area (Å²) in [6.45, 7) is 4.60. The molecule has 4 nitrogen and oxygen atoms in total. The van der Waals surface area contributed by atoms with Gasteiger partial charge in [0.05, 0.1) is 13.2 Å². The van der Waals surface area contributed by atoms with Crippen LogP contribution in [0.5, 0.6) is 0 Å². The van der Waals surface area contributed by atoms with Crippen LogP contribution in [-0.4, -0.2) is 39.4 Å². The van der Waals surface area contributed by atoms with Gasteiger partial charge in [-0.2, -0.15) is 0 Å².